The van der Waals surface area contributed by atoms with Gasteiger partial charge in [-0.1, -0.05) is 12.1 Å². The molecule has 0 fully saturated rings. The Morgan fingerprint density at radius 3 is 2.62 bits per heavy atom. The van der Waals surface area contributed by atoms with Gasteiger partial charge in [0, 0.05) is 0 Å². The Kier molecular flexibility index (Phi) is 4.40. The third-order valence-electron chi connectivity index (χ3n) is 2.73. The molecule has 7 heteroatoms. The highest BCUT2D eigenvalue weighted by Gasteiger charge is 2.07. The van der Waals surface area contributed by atoms with E-state index in [9.17, 15) is 8.42 Å². The van der Waals surface area contributed by atoms with Crippen LogP contribution < -0.4 is 10.0 Å². The van der Waals surface area contributed by atoms with Crippen LogP contribution in [0.5, 0.6) is 0 Å². The van der Waals surface area contributed by atoms with E-state index in [1.807, 2.05) is 6.07 Å². The molecule has 1 aromatic heterocycles. The summed E-state index contributed by atoms with van der Waals surface area (Å²) < 4.78 is 25.3. The number of aromatic nitrogens is 1. The number of hydrogen-bond donors (Lipinski definition) is 2. The molecular weight excluding hydrogens is 288 g/mol. The van der Waals surface area contributed by atoms with Gasteiger partial charge in [0.2, 0.25) is 10.0 Å². The number of nitriles is 1. The summed E-state index contributed by atoms with van der Waals surface area (Å²) in [6, 6.07) is 12.4. The number of hydrogen-bond acceptors (Lipinski definition) is 5. The molecule has 2 rings (SSSR count). The topological polar surface area (TPSA) is 94.9 Å². The summed E-state index contributed by atoms with van der Waals surface area (Å²) >= 11 is 0. The van der Waals surface area contributed by atoms with Crippen molar-refractivity contribution in [3.05, 3.63) is 48.2 Å². The molecule has 0 aliphatic carbocycles. The molecule has 2 aromatic rings. The van der Waals surface area contributed by atoms with Crippen LogP contribution in [-0.2, 0) is 10.0 Å². The maximum atomic E-state index is 11.4. The third kappa shape index (κ3) is 3.94. The van der Waals surface area contributed by atoms with Crippen LogP contribution in [0.4, 0.5) is 17.2 Å². The van der Waals surface area contributed by atoms with Gasteiger partial charge in [-0.15, -0.1) is 0 Å². The van der Waals surface area contributed by atoms with Crippen LogP contribution >= 0.6 is 0 Å². The maximum Gasteiger partial charge on any atom is 0.232 e. The molecule has 0 spiro atoms. The normalized spacial score (nSPS) is 10.7. The highest BCUT2D eigenvalue weighted by Crippen LogP contribution is 2.19. The van der Waals surface area contributed by atoms with Crippen LogP contribution in [0.3, 0.4) is 0 Å². The minimum atomic E-state index is -3.31. The summed E-state index contributed by atoms with van der Waals surface area (Å²) in [7, 11) is -3.31. The lowest BCUT2D eigenvalue weighted by molar-refractivity contribution is 0.602. The summed E-state index contributed by atoms with van der Waals surface area (Å²) in [5.41, 5.74) is 1.56. The van der Waals surface area contributed by atoms with E-state index in [1.165, 1.54) is 6.20 Å². The number of para-hydroxylation sites is 1. The molecule has 0 unspecified atom stereocenters. The molecule has 0 atom stereocenters. The number of pyridine rings is 1. The standard InChI is InChI=1S/C14H14N4O2S/c1-2-21(19,20)18-12-7-8-14(16-10-12)17-13-6-4-3-5-11(13)9-15/h3-8,10,18H,2H2,1H3,(H,16,17). The zero-order valence-electron chi connectivity index (χ0n) is 11.4. The Morgan fingerprint density at radius 1 is 1.24 bits per heavy atom. The van der Waals surface area contributed by atoms with Gasteiger partial charge in [-0.3, -0.25) is 4.72 Å². The van der Waals surface area contributed by atoms with Gasteiger partial charge in [-0.05, 0) is 31.2 Å². The van der Waals surface area contributed by atoms with E-state index in [1.54, 1.807) is 37.3 Å². The van der Waals surface area contributed by atoms with Crippen LogP contribution in [0.2, 0.25) is 0 Å². The number of nitrogens with zero attached hydrogens (tertiary/aromatic N) is 2. The SMILES string of the molecule is CCS(=O)(=O)Nc1ccc(Nc2ccccc2C#N)nc1. The summed E-state index contributed by atoms with van der Waals surface area (Å²) in [6.07, 6.45) is 1.42. The van der Waals surface area contributed by atoms with Crippen molar-refractivity contribution in [3.8, 4) is 6.07 Å². The van der Waals surface area contributed by atoms with Crippen molar-refractivity contribution in [1.29, 1.82) is 5.26 Å². The Labute approximate surface area is 123 Å². The van der Waals surface area contributed by atoms with Crippen molar-refractivity contribution in [2.75, 3.05) is 15.8 Å². The van der Waals surface area contributed by atoms with Crippen molar-refractivity contribution in [3.63, 3.8) is 0 Å². The minimum absolute atomic E-state index is 0.00253. The van der Waals surface area contributed by atoms with Crippen molar-refractivity contribution < 1.29 is 8.42 Å². The number of benzene rings is 1. The lowest BCUT2D eigenvalue weighted by Crippen LogP contribution is -2.14. The first-order chi connectivity index (χ1) is 10.0. The molecule has 0 amide bonds. The van der Waals surface area contributed by atoms with E-state index in [2.05, 4.69) is 21.1 Å². The highest BCUT2D eigenvalue weighted by atomic mass is 32.2. The van der Waals surface area contributed by atoms with Gasteiger partial charge >= 0.3 is 0 Å². The first-order valence-electron chi connectivity index (χ1n) is 6.27. The quantitative estimate of drug-likeness (QED) is 0.884. The monoisotopic (exact) mass is 302 g/mol. The fourth-order valence-corrected chi connectivity index (χ4v) is 2.23. The van der Waals surface area contributed by atoms with Crippen LogP contribution in [0, 0.1) is 11.3 Å². The molecular formula is C14H14N4O2S. The van der Waals surface area contributed by atoms with E-state index >= 15 is 0 Å². The first-order valence-corrected chi connectivity index (χ1v) is 7.92. The fraction of sp³-hybridized carbons (Fsp3) is 0.143. The second kappa shape index (κ2) is 6.24. The van der Waals surface area contributed by atoms with Gasteiger partial charge in [0.15, 0.2) is 0 Å². The van der Waals surface area contributed by atoms with E-state index < -0.39 is 10.0 Å². The molecule has 6 nitrogen and oxygen atoms in total. The summed E-state index contributed by atoms with van der Waals surface area (Å²) in [5, 5.41) is 12.0. The lowest BCUT2D eigenvalue weighted by Gasteiger charge is -2.09. The van der Waals surface area contributed by atoms with E-state index in [0.717, 1.165) is 0 Å². The zero-order valence-corrected chi connectivity index (χ0v) is 12.2. The first kappa shape index (κ1) is 14.8. The molecule has 21 heavy (non-hydrogen) atoms. The van der Waals surface area contributed by atoms with E-state index in [-0.39, 0.29) is 5.75 Å². The van der Waals surface area contributed by atoms with Gasteiger partial charge in [-0.25, -0.2) is 13.4 Å². The summed E-state index contributed by atoms with van der Waals surface area (Å²) in [6.45, 7) is 1.56. The van der Waals surface area contributed by atoms with E-state index in [4.69, 9.17) is 5.26 Å². The lowest BCUT2D eigenvalue weighted by atomic mass is 10.2. The van der Waals surface area contributed by atoms with Gasteiger partial charge in [-0.2, -0.15) is 5.26 Å². The predicted molar refractivity (Wildman–Crippen MR) is 81.8 cm³/mol. The molecule has 108 valence electrons. The molecule has 2 N–H and O–H groups in total. The predicted octanol–water partition coefficient (Wildman–Crippen LogP) is 2.46. The molecule has 0 radical (unpaired) electrons. The molecule has 0 saturated carbocycles. The number of sulfonamides is 1. The molecule has 0 aliphatic rings. The number of nitrogens with one attached hydrogen (secondary N) is 2. The second-order valence-electron chi connectivity index (χ2n) is 4.22. The van der Waals surface area contributed by atoms with Crippen LogP contribution in [-0.4, -0.2) is 19.2 Å². The number of rotatable bonds is 5. The third-order valence-corrected chi connectivity index (χ3v) is 4.03. The Bertz CT molecular complexity index is 764. The van der Waals surface area contributed by atoms with Gasteiger partial charge in [0.05, 0.1) is 28.9 Å². The zero-order chi connectivity index (χ0) is 15.3. The molecule has 0 bridgehead atoms. The smallest absolute Gasteiger partial charge is 0.232 e. The molecule has 1 aromatic carbocycles. The second-order valence-corrected chi connectivity index (χ2v) is 6.23. The summed E-state index contributed by atoms with van der Waals surface area (Å²) in [4.78, 5) is 4.12. The van der Waals surface area contributed by atoms with Crippen LogP contribution in [0.1, 0.15) is 12.5 Å². The molecule has 1 heterocycles. The number of anilines is 3. The van der Waals surface area contributed by atoms with Crippen LogP contribution in [0.25, 0.3) is 0 Å². The largest absolute Gasteiger partial charge is 0.339 e. The molecule has 0 aliphatic heterocycles. The van der Waals surface area contributed by atoms with E-state index in [0.29, 0.717) is 22.8 Å². The minimum Gasteiger partial charge on any atom is -0.339 e. The van der Waals surface area contributed by atoms with Gasteiger partial charge < -0.3 is 5.32 Å². The highest BCUT2D eigenvalue weighted by molar-refractivity contribution is 7.92. The average molecular weight is 302 g/mol. The van der Waals surface area contributed by atoms with Crippen molar-refractivity contribution in [2.45, 2.75) is 6.92 Å². The van der Waals surface area contributed by atoms with Crippen molar-refractivity contribution in [1.82, 2.24) is 4.98 Å². The Morgan fingerprint density at radius 2 is 2.00 bits per heavy atom. The fourth-order valence-electron chi connectivity index (χ4n) is 1.61. The molecule has 0 saturated heterocycles. The maximum absolute atomic E-state index is 11.4. The van der Waals surface area contributed by atoms with Crippen molar-refractivity contribution in [2.24, 2.45) is 0 Å². The van der Waals surface area contributed by atoms with Gasteiger partial charge in [0.1, 0.15) is 11.9 Å². The van der Waals surface area contributed by atoms with Crippen molar-refractivity contribution >= 4 is 27.2 Å². The Balaban J connectivity index is 2.15. The van der Waals surface area contributed by atoms with Crippen LogP contribution in [0.15, 0.2) is 42.6 Å². The average Bonchev–Trinajstić information content (AvgIpc) is 2.49. The van der Waals surface area contributed by atoms with Gasteiger partial charge in [0.25, 0.3) is 0 Å². The Hall–Kier alpha value is -2.59. The summed E-state index contributed by atoms with van der Waals surface area (Å²) in [5.74, 6) is 0.528.